The van der Waals surface area contributed by atoms with Crippen LogP contribution in [0.3, 0.4) is 0 Å². The molecule has 0 saturated carbocycles. The van der Waals surface area contributed by atoms with Gasteiger partial charge in [-0.1, -0.05) is 12.1 Å². The van der Waals surface area contributed by atoms with Crippen molar-refractivity contribution < 1.29 is 17.9 Å². The Kier molecular flexibility index (Phi) is 5.11. The fourth-order valence-electron chi connectivity index (χ4n) is 2.54. The highest BCUT2D eigenvalue weighted by atomic mass is 32.2. The molecular weight excluding hydrogens is 302 g/mol. The number of ether oxygens (including phenoxy) is 1. The molecule has 22 heavy (non-hydrogen) atoms. The SMILES string of the molecule is CC(C)Oc1ccc(CC(=O)N(C)C2CCS(=O)(=O)C2)cc1. The Labute approximate surface area is 132 Å². The summed E-state index contributed by atoms with van der Waals surface area (Å²) in [5.74, 6) is 0.980. The first-order chi connectivity index (χ1) is 10.3. The van der Waals surface area contributed by atoms with Crippen LogP contribution in [0.2, 0.25) is 0 Å². The molecule has 1 aliphatic rings. The van der Waals surface area contributed by atoms with E-state index in [4.69, 9.17) is 4.74 Å². The van der Waals surface area contributed by atoms with Gasteiger partial charge in [-0.3, -0.25) is 4.79 Å². The highest BCUT2D eigenvalue weighted by Gasteiger charge is 2.32. The van der Waals surface area contributed by atoms with Gasteiger partial charge in [-0.25, -0.2) is 8.42 Å². The van der Waals surface area contributed by atoms with E-state index in [1.807, 2.05) is 38.1 Å². The second kappa shape index (κ2) is 6.69. The maximum absolute atomic E-state index is 12.3. The molecule has 5 nitrogen and oxygen atoms in total. The highest BCUT2D eigenvalue weighted by molar-refractivity contribution is 7.91. The Balaban J connectivity index is 1.94. The minimum atomic E-state index is -2.97. The van der Waals surface area contributed by atoms with E-state index < -0.39 is 9.84 Å². The molecule has 1 saturated heterocycles. The average molecular weight is 325 g/mol. The first-order valence-corrected chi connectivity index (χ1v) is 9.30. The zero-order valence-electron chi connectivity index (χ0n) is 13.3. The van der Waals surface area contributed by atoms with Crippen molar-refractivity contribution in [3.05, 3.63) is 29.8 Å². The van der Waals surface area contributed by atoms with E-state index in [1.165, 1.54) is 0 Å². The summed E-state index contributed by atoms with van der Waals surface area (Å²) in [5.41, 5.74) is 0.897. The number of likely N-dealkylation sites (N-methyl/N-ethyl adjacent to an activating group) is 1. The lowest BCUT2D eigenvalue weighted by Gasteiger charge is -2.23. The van der Waals surface area contributed by atoms with Crippen molar-refractivity contribution >= 4 is 15.7 Å². The van der Waals surface area contributed by atoms with Crippen molar-refractivity contribution in [1.29, 1.82) is 0 Å². The van der Waals surface area contributed by atoms with Gasteiger partial charge in [0.05, 0.1) is 24.0 Å². The van der Waals surface area contributed by atoms with E-state index in [0.717, 1.165) is 11.3 Å². The second-order valence-electron chi connectivity index (χ2n) is 6.05. The fraction of sp³-hybridized carbons (Fsp3) is 0.562. The van der Waals surface area contributed by atoms with Crippen molar-refractivity contribution in [1.82, 2.24) is 4.90 Å². The minimum absolute atomic E-state index is 0.0559. The van der Waals surface area contributed by atoms with Crippen LogP contribution in [0.15, 0.2) is 24.3 Å². The summed E-state index contributed by atoms with van der Waals surface area (Å²) < 4.78 is 28.6. The molecule has 0 bridgehead atoms. The smallest absolute Gasteiger partial charge is 0.227 e. The lowest BCUT2D eigenvalue weighted by atomic mass is 10.1. The summed E-state index contributed by atoms with van der Waals surface area (Å²) in [4.78, 5) is 13.8. The quantitative estimate of drug-likeness (QED) is 0.826. The van der Waals surface area contributed by atoms with E-state index in [1.54, 1.807) is 11.9 Å². The Morgan fingerprint density at radius 2 is 1.95 bits per heavy atom. The molecule has 0 N–H and O–H groups in total. The summed E-state index contributed by atoms with van der Waals surface area (Å²) in [6.07, 6.45) is 0.920. The molecule has 1 aromatic rings. The fourth-order valence-corrected chi connectivity index (χ4v) is 4.32. The van der Waals surface area contributed by atoms with E-state index >= 15 is 0 Å². The summed E-state index contributed by atoms with van der Waals surface area (Å²) in [6, 6.07) is 7.25. The minimum Gasteiger partial charge on any atom is -0.491 e. The Morgan fingerprint density at radius 1 is 1.32 bits per heavy atom. The number of sulfone groups is 1. The van der Waals surface area contributed by atoms with Gasteiger partial charge < -0.3 is 9.64 Å². The van der Waals surface area contributed by atoms with Gasteiger partial charge in [0.25, 0.3) is 0 Å². The maximum atomic E-state index is 12.3. The third-order valence-corrected chi connectivity index (χ3v) is 5.55. The normalized spacial score (nSPS) is 20.1. The van der Waals surface area contributed by atoms with Crippen LogP contribution >= 0.6 is 0 Å². The van der Waals surface area contributed by atoms with Gasteiger partial charge in [0.1, 0.15) is 5.75 Å². The summed E-state index contributed by atoms with van der Waals surface area (Å²) in [7, 11) is -1.29. The van der Waals surface area contributed by atoms with Gasteiger partial charge in [-0.05, 0) is 38.0 Å². The molecule has 1 aromatic carbocycles. The standard InChI is InChI=1S/C16H23NO4S/c1-12(2)21-15-6-4-13(5-7-15)10-16(18)17(3)14-8-9-22(19,20)11-14/h4-7,12,14H,8-11H2,1-3H3. The highest BCUT2D eigenvalue weighted by Crippen LogP contribution is 2.18. The molecule has 0 spiro atoms. The first kappa shape index (κ1) is 16.8. The van der Waals surface area contributed by atoms with Crippen LogP contribution < -0.4 is 4.74 Å². The van der Waals surface area contributed by atoms with Gasteiger partial charge in [0.2, 0.25) is 5.91 Å². The number of rotatable bonds is 5. The van der Waals surface area contributed by atoms with Crippen LogP contribution in [-0.2, 0) is 21.1 Å². The van der Waals surface area contributed by atoms with Crippen molar-refractivity contribution in [2.24, 2.45) is 0 Å². The van der Waals surface area contributed by atoms with Gasteiger partial charge >= 0.3 is 0 Å². The van der Waals surface area contributed by atoms with Crippen LogP contribution in [0.25, 0.3) is 0 Å². The van der Waals surface area contributed by atoms with Gasteiger partial charge in [0.15, 0.2) is 9.84 Å². The summed E-state index contributed by atoms with van der Waals surface area (Å²) in [6.45, 7) is 3.92. The molecule has 1 fully saturated rings. The van der Waals surface area contributed by atoms with Crippen molar-refractivity contribution in [3.8, 4) is 5.75 Å². The molecular formula is C16H23NO4S. The lowest BCUT2D eigenvalue weighted by Crippen LogP contribution is -2.38. The Bertz CT molecular complexity index is 622. The number of hydrogen-bond donors (Lipinski definition) is 0. The molecule has 0 aromatic heterocycles. The number of carbonyl (C=O) groups excluding carboxylic acids is 1. The molecule has 1 heterocycles. The van der Waals surface area contributed by atoms with Crippen molar-refractivity contribution in [2.75, 3.05) is 18.6 Å². The average Bonchev–Trinajstić information content (AvgIpc) is 2.80. The van der Waals surface area contributed by atoms with E-state index in [2.05, 4.69) is 0 Å². The third-order valence-electron chi connectivity index (χ3n) is 3.80. The van der Waals surface area contributed by atoms with Crippen LogP contribution in [0.1, 0.15) is 25.8 Å². The summed E-state index contributed by atoms with van der Waals surface area (Å²) in [5, 5.41) is 0. The molecule has 1 amide bonds. The Hall–Kier alpha value is -1.56. The predicted octanol–water partition coefficient (Wildman–Crippen LogP) is 1.66. The van der Waals surface area contributed by atoms with E-state index in [9.17, 15) is 13.2 Å². The van der Waals surface area contributed by atoms with Crippen molar-refractivity contribution in [2.45, 2.75) is 38.8 Å². The maximum Gasteiger partial charge on any atom is 0.227 e. The van der Waals surface area contributed by atoms with Gasteiger partial charge in [-0.2, -0.15) is 0 Å². The van der Waals surface area contributed by atoms with E-state index in [0.29, 0.717) is 6.42 Å². The topological polar surface area (TPSA) is 63.7 Å². The monoisotopic (exact) mass is 325 g/mol. The first-order valence-electron chi connectivity index (χ1n) is 7.48. The molecule has 1 aliphatic heterocycles. The second-order valence-corrected chi connectivity index (χ2v) is 8.28. The molecule has 122 valence electrons. The largest absolute Gasteiger partial charge is 0.491 e. The molecule has 1 atom stereocenters. The Morgan fingerprint density at radius 3 is 2.45 bits per heavy atom. The number of hydrogen-bond acceptors (Lipinski definition) is 4. The van der Waals surface area contributed by atoms with Crippen LogP contribution in [0.5, 0.6) is 5.75 Å². The molecule has 0 aliphatic carbocycles. The van der Waals surface area contributed by atoms with Crippen LogP contribution in [-0.4, -0.2) is 49.9 Å². The predicted molar refractivity (Wildman–Crippen MR) is 85.7 cm³/mol. The lowest BCUT2D eigenvalue weighted by molar-refractivity contribution is -0.130. The number of carbonyl (C=O) groups is 1. The van der Waals surface area contributed by atoms with E-state index in [-0.39, 0.29) is 36.0 Å². The number of benzene rings is 1. The number of nitrogens with zero attached hydrogens (tertiary/aromatic N) is 1. The summed E-state index contributed by atoms with van der Waals surface area (Å²) >= 11 is 0. The van der Waals surface area contributed by atoms with Crippen molar-refractivity contribution in [3.63, 3.8) is 0 Å². The van der Waals surface area contributed by atoms with Crippen LogP contribution in [0, 0.1) is 0 Å². The molecule has 0 radical (unpaired) electrons. The molecule has 1 unspecified atom stereocenters. The zero-order valence-corrected chi connectivity index (χ0v) is 14.1. The molecule has 6 heteroatoms. The zero-order chi connectivity index (χ0) is 16.3. The van der Waals surface area contributed by atoms with Gasteiger partial charge in [-0.15, -0.1) is 0 Å². The number of amides is 1. The third kappa shape index (κ3) is 4.47. The molecule has 2 rings (SSSR count). The van der Waals surface area contributed by atoms with Gasteiger partial charge in [0, 0.05) is 13.1 Å². The van der Waals surface area contributed by atoms with Crippen LogP contribution in [0.4, 0.5) is 0 Å².